The first-order valence-electron chi connectivity index (χ1n) is 10.7. The van der Waals surface area contributed by atoms with Gasteiger partial charge in [0.15, 0.2) is 0 Å². The molecule has 5 heteroatoms. The maximum atomic E-state index is 12.3. The maximum absolute atomic E-state index is 12.3. The molecule has 0 saturated heterocycles. The summed E-state index contributed by atoms with van der Waals surface area (Å²) < 4.78 is 2.26. The summed E-state index contributed by atoms with van der Waals surface area (Å²) in [6, 6.07) is 23.9. The lowest BCUT2D eigenvalue weighted by atomic mass is 10.0. The summed E-state index contributed by atoms with van der Waals surface area (Å²) in [6.07, 6.45) is 0. The first kappa shape index (κ1) is 21.6. The third kappa shape index (κ3) is 3.78. The summed E-state index contributed by atoms with van der Waals surface area (Å²) in [6.45, 7) is 4.89. The molecule has 0 aliphatic rings. The minimum Gasteiger partial charge on any atom is -0.366 e. The molecule has 5 rings (SSSR count). The predicted molar refractivity (Wildman–Crippen MR) is 138 cm³/mol. The van der Waals surface area contributed by atoms with Crippen molar-refractivity contribution in [3.05, 3.63) is 105 Å². The molecular formula is C28H22Cl2N2O. The summed E-state index contributed by atoms with van der Waals surface area (Å²) in [7, 11) is 0. The molecule has 2 N–H and O–H groups in total. The van der Waals surface area contributed by atoms with Gasteiger partial charge in [-0.1, -0.05) is 71.2 Å². The van der Waals surface area contributed by atoms with Crippen LogP contribution in [-0.2, 0) is 6.54 Å². The Bertz CT molecular complexity index is 1570. The van der Waals surface area contributed by atoms with Crippen molar-refractivity contribution in [1.82, 2.24) is 4.57 Å². The van der Waals surface area contributed by atoms with E-state index in [-0.39, 0.29) is 0 Å². The number of aryl methyl sites for hydroxylation is 2. The number of halogens is 2. The van der Waals surface area contributed by atoms with Crippen molar-refractivity contribution in [3.8, 4) is 11.1 Å². The summed E-state index contributed by atoms with van der Waals surface area (Å²) in [5, 5.41) is 3.05. The minimum absolute atomic E-state index is 0.434. The molecule has 1 heterocycles. The van der Waals surface area contributed by atoms with Crippen LogP contribution in [0.2, 0.25) is 10.0 Å². The number of primary amides is 1. The molecule has 5 aromatic rings. The lowest BCUT2D eigenvalue weighted by Crippen LogP contribution is -2.11. The summed E-state index contributed by atoms with van der Waals surface area (Å²) in [5.41, 5.74) is 13.8. The van der Waals surface area contributed by atoms with E-state index in [4.69, 9.17) is 28.9 Å². The van der Waals surface area contributed by atoms with Gasteiger partial charge in [0.2, 0.25) is 5.91 Å². The Labute approximate surface area is 202 Å². The Morgan fingerprint density at radius 2 is 1.73 bits per heavy atom. The molecule has 0 atom stereocenters. The summed E-state index contributed by atoms with van der Waals surface area (Å²) in [4.78, 5) is 12.3. The lowest BCUT2D eigenvalue weighted by Gasteiger charge is -2.12. The van der Waals surface area contributed by atoms with Gasteiger partial charge >= 0.3 is 0 Å². The van der Waals surface area contributed by atoms with Gasteiger partial charge in [0, 0.05) is 38.5 Å². The van der Waals surface area contributed by atoms with Crippen LogP contribution in [0.3, 0.4) is 0 Å². The van der Waals surface area contributed by atoms with Gasteiger partial charge in [-0.05, 0) is 60.9 Å². The number of rotatable bonds is 4. The van der Waals surface area contributed by atoms with Crippen molar-refractivity contribution in [2.75, 3.05) is 0 Å². The maximum Gasteiger partial charge on any atom is 0.249 e. The van der Waals surface area contributed by atoms with Crippen molar-refractivity contribution in [1.29, 1.82) is 0 Å². The zero-order valence-corrected chi connectivity index (χ0v) is 19.8. The number of carbonyl (C=O) groups is 1. The average Bonchev–Trinajstić information content (AvgIpc) is 3.09. The molecule has 33 heavy (non-hydrogen) atoms. The highest BCUT2D eigenvalue weighted by molar-refractivity contribution is 6.36. The second kappa shape index (κ2) is 8.26. The number of fused-ring (bicyclic) bond motifs is 3. The molecule has 0 saturated carbocycles. The van der Waals surface area contributed by atoms with Gasteiger partial charge in [0.25, 0.3) is 0 Å². The zero-order valence-electron chi connectivity index (χ0n) is 18.3. The van der Waals surface area contributed by atoms with E-state index >= 15 is 0 Å². The van der Waals surface area contributed by atoms with E-state index in [1.165, 1.54) is 16.7 Å². The number of nitrogens with two attached hydrogens (primary N) is 1. The largest absolute Gasteiger partial charge is 0.366 e. The van der Waals surface area contributed by atoms with Gasteiger partial charge in [-0.25, -0.2) is 0 Å². The van der Waals surface area contributed by atoms with Crippen molar-refractivity contribution < 1.29 is 4.79 Å². The highest BCUT2D eigenvalue weighted by Crippen LogP contribution is 2.37. The molecular weight excluding hydrogens is 451 g/mol. The third-order valence-corrected chi connectivity index (χ3v) is 6.78. The van der Waals surface area contributed by atoms with Crippen LogP contribution in [-0.4, -0.2) is 10.5 Å². The smallest absolute Gasteiger partial charge is 0.249 e. The molecule has 0 aliphatic heterocycles. The average molecular weight is 473 g/mol. The van der Waals surface area contributed by atoms with Crippen molar-refractivity contribution in [2.45, 2.75) is 20.4 Å². The van der Waals surface area contributed by atoms with Crippen LogP contribution >= 0.6 is 23.2 Å². The number of aromatic nitrogens is 1. The predicted octanol–water partition coefficient (Wildman–Crippen LogP) is 7.53. The Morgan fingerprint density at radius 1 is 0.909 bits per heavy atom. The summed E-state index contributed by atoms with van der Waals surface area (Å²) in [5.74, 6) is -0.434. The molecule has 0 radical (unpaired) electrons. The van der Waals surface area contributed by atoms with Gasteiger partial charge in [-0.2, -0.15) is 0 Å². The fourth-order valence-corrected chi connectivity index (χ4v) is 5.07. The van der Waals surface area contributed by atoms with E-state index in [1.807, 2.05) is 36.4 Å². The summed E-state index contributed by atoms with van der Waals surface area (Å²) >= 11 is 12.6. The number of carbonyl (C=O) groups excluding carboxylic acids is 1. The highest BCUT2D eigenvalue weighted by Gasteiger charge is 2.18. The lowest BCUT2D eigenvalue weighted by molar-refractivity contribution is 0.100. The van der Waals surface area contributed by atoms with Gasteiger partial charge < -0.3 is 10.3 Å². The number of nitrogens with zero attached hydrogens (tertiary/aromatic N) is 1. The third-order valence-electron chi connectivity index (χ3n) is 6.23. The van der Waals surface area contributed by atoms with Crippen LogP contribution in [0.25, 0.3) is 32.9 Å². The molecule has 0 spiro atoms. The van der Waals surface area contributed by atoms with E-state index in [0.717, 1.165) is 32.9 Å². The first-order chi connectivity index (χ1) is 15.8. The van der Waals surface area contributed by atoms with E-state index in [2.05, 4.69) is 42.7 Å². The number of hydrogen-bond acceptors (Lipinski definition) is 1. The van der Waals surface area contributed by atoms with Crippen LogP contribution in [0.5, 0.6) is 0 Å². The van der Waals surface area contributed by atoms with E-state index < -0.39 is 5.91 Å². The Balaban J connectivity index is 1.82. The highest BCUT2D eigenvalue weighted by atomic mass is 35.5. The standard InChI is InChI=1S/C28H22Cl2N2O/c1-16-6-7-17(2)19(12-16)15-32-25-5-3-4-23(28(31)33)27(25)22-10-8-18(13-26(22)32)21-11-9-20(29)14-24(21)30/h3-14H,15H2,1-2H3,(H2,31,33). The molecule has 0 aliphatic carbocycles. The zero-order chi connectivity index (χ0) is 23.3. The monoisotopic (exact) mass is 472 g/mol. The van der Waals surface area contributed by atoms with Gasteiger partial charge in [0.05, 0.1) is 11.0 Å². The fourth-order valence-electron chi connectivity index (χ4n) is 4.55. The number of amides is 1. The second-order valence-electron chi connectivity index (χ2n) is 8.44. The molecule has 3 nitrogen and oxygen atoms in total. The molecule has 4 aromatic carbocycles. The molecule has 1 aromatic heterocycles. The molecule has 0 fully saturated rings. The van der Waals surface area contributed by atoms with Gasteiger partial charge in [-0.15, -0.1) is 0 Å². The Morgan fingerprint density at radius 3 is 2.48 bits per heavy atom. The molecule has 0 unspecified atom stereocenters. The molecule has 1 amide bonds. The normalized spacial score (nSPS) is 11.4. The van der Waals surface area contributed by atoms with Crippen molar-refractivity contribution in [2.24, 2.45) is 5.73 Å². The van der Waals surface area contributed by atoms with E-state index in [0.29, 0.717) is 22.2 Å². The van der Waals surface area contributed by atoms with Crippen LogP contribution in [0.15, 0.2) is 72.8 Å². The number of benzene rings is 4. The van der Waals surface area contributed by atoms with Crippen LogP contribution in [0.1, 0.15) is 27.0 Å². The van der Waals surface area contributed by atoms with E-state index in [9.17, 15) is 4.79 Å². The minimum atomic E-state index is -0.434. The number of hydrogen-bond donors (Lipinski definition) is 1. The first-order valence-corrected chi connectivity index (χ1v) is 11.5. The van der Waals surface area contributed by atoms with Gasteiger partial charge in [0.1, 0.15) is 0 Å². The van der Waals surface area contributed by atoms with Crippen molar-refractivity contribution >= 4 is 50.9 Å². The molecule has 0 bridgehead atoms. The van der Waals surface area contributed by atoms with Gasteiger partial charge in [-0.3, -0.25) is 4.79 Å². The SMILES string of the molecule is Cc1ccc(C)c(Cn2c3cc(-c4ccc(Cl)cc4Cl)ccc3c3c(C(N)=O)cccc32)c1. The van der Waals surface area contributed by atoms with Crippen LogP contribution in [0.4, 0.5) is 0 Å². The Hall–Kier alpha value is -3.27. The van der Waals surface area contributed by atoms with Crippen molar-refractivity contribution in [3.63, 3.8) is 0 Å². The second-order valence-corrected chi connectivity index (χ2v) is 9.28. The topological polar surface area (TPSA) is 48.0 Å². The van der Waals surface area contributed by atoms with Crippen LogP contribution in [0, 0.1) is 13.8 Å². The Kier molecular flexibility index (Phi) is 5.40. The fraction of sp³-hybridized carbons (Fsp3) is 0.107. The van der Waals surface area contributed by atoms with Crippen LogP contribution < -0.4 is 5.73 Å². The molecule has 164 valence electrons. The quantitative estimate of drug-likeness (QED) is 0.288. The van der Waals surface area contributed by atoms with E-state index in [1.54, 1.807) is 12.1 Å².